The summed E-state index contributed by atoms with van der Waals surface area (Å²) in [6.07, 6.45) is 0. The summed E-state index contributed by atoms with van der Waals surface area (Å²) in [5.41, 5.74) is 0.628. The average Bonchev–Trinajstić information content (AvgIpc) is 3.26. The van der Waals surface area contributed by atoms with Crippen molar-refractivity contribution < 1.29 is 14.3 Å². The van der Waals surface area contributed by atoms with Crippen molar-refractivity contribution in [3.8, 4) is 22.2 Å². The van der Waals surface area contributed by atoms with Gasteiger partial charge in [0.25, 0.3) is 0 Å². The van der Waals surface area contributed by atoms with Crippen LogP contribution in [0.5, 0.6) is 11.5 Å². The second kappa shape index (κ2) is 6.28. The first kappa shape index (κ1) is 14.6. The second-order valence-corrected chi connectivity index (χ2v) is 5.98. The van der Waals surface area contributed by atoms with E-state index < -0.39 is 0 Å². The second-order valence-electron chi connectivity index (χ2n) is 5.03. The van der Waals surface area contributed by atoms with E-state index in [0.717, 1.165) is 4.88 Å². The van der Waals surface area contributed by atoms with E-state index >= 15 is 0 Å². The first-order chi connectivity index (χ1) is 11.8. The van der Waals surface area contributed by atoms with E-state index in [1.54, 1.807) is 18.2 Å². The molecule has 0 saturated carbocycles. The molecule has 1 amide bonds. The van der Waals surface area contributed by atoms with E-state index in [4.69, 9.17) is 9.47 Å². The summed E-state index contributed by atoms with van der Waals surface area (Å²) in [6.45, 7) is 1.01. The third kappa shape index (κ3) is 3.06. The normalized spacial score (nSPS) is 12.8. The van der Waals surface area contributed by atoms with Gasteiger partial charge in [0.05, 0.1) is 4.88 Å². The van der Waals surface area contributed by atoms with Gasteiger partial charge in [0.1, 0.15) is 19.8 Å². The van der Waals surface area contributed by atoms with Crippen molar-refractivity contribution in [2.24, 2.45) is 0 Å². The lowest BCUT2D eigenvalue weighted by Crippen LogP contribution is -2.21. The lowest BCUT2D eigenvalue weighted by atomic mass is 10.2. The Balaban J connectivity index is 1.42. The molecule has 3 aromatic rings. The maximum absolute atomic E-state index is 12.1. The SMILES string of the molecule is O=C(Cn1nnc(-c2cccs2)n1)Nc1ccc2c(c1)OCCO2. The summed E-state index contributed by atoms with van der Waals surface area (Å²) in [5, 5.41) is 16.8. The van der Waals surface area contributed by atoms with Gasteiger partial charge in [-0.25, -0.2) is 0 Å². The van der Waals surface area contributed by atoms with Crippen LogP contribution in [0.4, 0.5) is 5.69 Å². The van der Waals surface area contributed by atoms with Crippen molar-refractivity contribution in [1.82, 2.24) is 20.2 Å². The highest BCUT2D eigenvalue weighted by atomic mass is 32.1. The van der Waals surface area contributed by atoms with Crippen molar-refractivity contribution in [1.29, 1.82) is 0 Å². The van der Waals surface area contributed by atoms with E-state index in [1.807, 2.05) is 17.5 Å². The molecule has 0 saturated heterocycles. The molecule has 2 aromatic heterocycles. The van der Waals surface area contributed by atoms with Crippen LogP contribution in [0.15, 0.2) is 35.7 Å². The van der Waals surface area contributed by atoms with Gasteiger partial charge in [-0.2, -0.15) is 4.80 Å². The predicted octanol–water partition coefficient (Wildman–Crippen LogP) is 1.81. The number of fused-ring (bicyclic) bond motifs is 1. The zero-order chi connectivity index (χ0) is 16.4. The van der Waals surface area contributed by atoms with Crippen LogP contribution < -0.4 is 14.8 Å². The molecule has 9 heteroatoms. The Morgan fingerprint density at radius 1 is 1.25 bits per heavy atom. The minimum absolute atomic E-state index is 0.0210. The third-order valence-corrected chi connectivity index (χ3v) is 4.17. The topological polar surface area (TPSA) is 91.2 Å². The maximum atomic E-state index is 12.1. The number of anilines is 1. The number of thiophene rings is 1. The summed E-state index contributed by atoms with van der Waals surface area (Å²) in [6, 6.07) is 9.08. The van der Waals surface area contributed by atoms with E-state index in [9.17, 15) is 4.79 Å². The molecule has 0 radical (unpaired) electrons. The van der Waals surface area contributed by atoms with Gasteiger partial charge in [-0.1, -0.05) is 6.07 Å². The molecule has 0 unspecified atom stereocenters. The van der Waals surface area contributed by atoms with Crippen molar-refractivity contribution in [3.05, 3.63) is 35.7 Å². The maximum Gasteiger partial charge on any atom is 0.248 e. The molecular formula is C15H13N5O3S. The third-order valence-electron chi connectivity index (χ3n) is 3.31. The minimum Gasteiger partial charge on any atom is -0.486 e. The van der Waals surface area contributed by atoms with E-state index in [1.165, 1.54) is 16.1 Å². The molecule has 1 N–H and O–H groups in total. The predicted molar refractivity (Wildman–Crippen MR) is 87.2 cm³/mol. The van der Waals surface area contributed by atoms with Crippen molar-refractivity contribution in [2.45, 2.75) is 6.54 Å². The average molecular weight is 343 g/mol. The number of amides is 1. The van der Waals surface area contributed by atoms with Gasteiger partial charge in [-0.05, 0) is 28.8 Å². The first-order valence-electron chi connectivity index (χ1n) is 7.29. The first-order valence-corrected chi connectivity index (χ1v) is 8.17. The highest BCUT2D eigenvalue weighted by molar-refractivity contribution is 7.13. The molecule has 1 aliphatic rings. The number of hydrogen-bond acceptors (Lipinski definition) is 7. The van der Waals surface area contributed by atoms with Crippen LogP contribution in [0.3, 0.4) is 0 Å². The highest BCUT2D eigenvalue weighted by Crippen LogP contribution is 2.32. The molecule has 24 heavy (non-hydrogen) atoms. The van der Waals surface area contributed by atoms with Crippen molar-refractivity contribution in [2.75, 3.05) is 18.5 Å². The molecule has 122 valence electrons. The van der Waals surface area contributed by atoms with Crippen LogP contribution >= 0.6 is 11.3 Å². The summed E-state index contributed by atoms with van der Waals surface area (Å²) >= 11 is 1.52. The number of benzene rings is 1. The molecule has 8 nitrogen and oxygen atoms in total. The lowest BCUT2D eigenvalue weighted by molar-refractivity contribution is -0.117. The van der Waals surface area contributed by atoms with Crippen molar-refractivity contribution in [3.63, 3.8) is 0 Å². The van der Waals surface area contributed by atoms with E-state index in [0.29, 0.717) is 36.2 Å². The van der Waals surface area contributed by atoms with E-state index in [2.05, 4.69) is 20.7 Å². The van der Waals surface area contributed by atoms with E-state index in [-0.39, 0.29) is 12.5 Å². The van der Waals surface area contributed by atoms with Gasteiger partial charge >= 0.3 is 0 Å². The van der Waals surface area contributed by atoms with Crippen LogP contribution in [-0.4, -0.2) is 39.3 Å². The molecule has 0 bridgehead atoms. The monoisotopic (exact) mass is 343 g/mol. The minimum atomic E-state index is -0.248. The molecular weight excluding hydrogens is 330 g/mol. The number of carbonyl (C=O) groups excluding carboxylic acids is 1. The summed E-state index contributed by atoms with van der Waals surface area (Å²) in [5.74, 6) is 1.56. The largest absolute Gasteiger partial charge is 0.486 e. The van der Waals surface area contributed by atoms with Crippen LogP contribution in [0.25, 0.3) is 10.7 Å². The van der Waals surface area contributed by atoms with Gasteiger partial charge < -0.3 is 14.8 Å². The summed E-state index contributed by atoms with van der Waals surface area (Å²) in [4.78, 5) is 14.3. The fourth-order valence-corrected chi connectivity index (χ4v) is 2.91. The summed E-state index contributed by atoms with van der Waals surface area (Å²) in [7, 11) is 0. The zero-order valence-electron chi connectivity index (χ0n) is 12.5. The van der Waals surface area contributed by atoms with Gasteiger partial charge in [-0.3, -0.25) is 4.79 Å². The lowest BCUT2D eigenvalue weighted by Gasteiger charge is -2.18. The molecule has 0 aliphatic carbocycles. The number of aromatic nitrogens is 4. The standard InChI is InChI=1S/C15H13N5O3S/c21-14(9-20-18-15(17-19-20)13-2-1-7-24-13)16-10-3-4-11-12(8-10)23-6-5-22-11/h1-4,7-8H,5-6,9H2,(H,16,21). The smallest absolute Gasteiger partial charge is 0.248 e. The van der Waals surface area contributed by atoms with Crippen LogP contribution in [0.2, 0.25) is 0 Å². The van der Waals surface area contributed by atoms with Crippen LogP contribution in [0.1, 0.15) is 0 Å². The number of hydrogen-bond donors (Lipinski definition) is 1. The molecule has 4 rings (SSSR count). The van der Waals surface area contributed by atoms with Gasteiger partial charge in [-0.15, -0.1) is 21.5 Å². The number of ether oxygens (including phenoxy) is 2. The number of rotatable bonds is 4. The fourth-order valence-electron chi connectivity index (χ4n) is 2.26. The number of tetrazole rings is 1. The van der Waals surface area contributed by atoms with Gasteiger partial charge in [0, 0.05) is 11.8 Å². The Hall–Kier alpha value is -2.94. The Bertz CT molecular complexity index is 862. The molecule has 0 atom stereocenters. The number of nitrogens with one attached hydrogen (secondary N) is 1. The van der Waals surface area contributed by atoms with Crippen molar-refractivity contribution >= 4 is 22.9 Å². The Morgan fingerprint density at radius 3 is 2.96 bits per heavy atom. The van der Waals surface area contributed by atoms with Crippen LogP contribution in [-0.2, 0) is 11.3 Å². The molecule has 1 aliphatic heterocycles. The molecule has 0 spiro atoms. The number of nitrogens with zero attached hydrogens (tertiary/aromatic N) is 4. The quantitative estimate of drug-likeness (QED) is 0.777. The summed E-state index contributed by atoms with van der Waals surface area (Å²) < 4.78 is 10.9. The zero-order valence-corrected chi connectivity index (χ0v) is 13.3. The Morgan fingerprint density at radius 2 is 2.12 bits per heavy atom. The van der Waals surface area contributed by atoms with Gasteiger partial charge in [0.15, 0.2) is 11.5 Å². The highest BCUT2D eigenvalue weighted by Gasteiger charge is 2.14. The molecule has 3 heterocycles. The van der Waals surface area contributed by atoms with Gasteiger partial charge in [0.2, 0.25) is 11.7 Å². The fraction of sp³-hybridized carbons (Fsp3) is 0.200. The molecule has 0 fully saturated rings. The Labute approximate surface area is 141 Å². The molecule has 1 aromatic carbocycles. The van der Waals surface area contributed by atoms with Crippen LogP contribution in [0, 0.1) is 0 Å². The number of carbonyl (C=O) groups is 1. The Kier molecular flexibility index (Phi) is 3.83.